The smallest absolute Gasteiger partial charge is 0.124 e. The van der Waals surface area contributed by atoms with Crippen LogP contribution < -0.4 is 10.9 Å². The number of quaternary nitrogens is 1. The summed E-state index contributed by atoms with van der Waals surface area (Å²) in [4.78, 5) is -0.178. The van der Waals surface area contributed by atoms with E-state index in [0.29, 0.717) is 0 Å². The van der Waals surface area contributed by atoms with E-state index >= 15 is 0 Å². The van der Waals surface area contributed by atoms with Crippen LogP contribution in [0.4, 0.5) is 0 Å². The van der Waals surface area contributed by atoms with Gasteiger partial charge < -0.3 is 4.55 Å². The lowest BCUT2D eigenvalue weighted by Gasteiger charge is -2.10. The number of nitrogens with one attached hydrogen (secondary N) is 1. The molecule has 0 bridgehead atoms. The molecule has 0 aliphatic carbocycles. The van der Waals surface area contributed by atoms with E-state index in [9.17, 15) is 13.0 Å². The Labute approximate surface area is 138 Å². The van der Waals surface area contributed by atoms with Gasteiger partial charge in [0.25, 0.3) is 0 Å². The van der Waals surface area contributed by atoms with Crippen LogP contribution in [-0.4, -0.2) is 19.5 Å². The number of hydrogen-bond acceptors (Lipinski definition) is 4. The van der Waals surface area contributed by atoms with Crippen molar-refractivity contribution in [3.63, 3.8) is 0 Å². The first kappa shape index (κ1) is 19.3. The molecule has 0 aliphatic rings. The van der Waals surface area contributed by atoms with Crippen LogP contribution in [0.15, 0.2) is 59.5 Å². The normalized spacial score (nSPS) is 12.2. The van der Waals surface area contributed by atoms with Crippen LogP contribution in [0.3, 0.4) is 0 Å². The molecule has 0 aliphatic heterocycles. The van der Waals surface area contributed by atoms with Crippen molar-refractivity contribution in [2.45, 2.75) is 31.7 Å². The lowest BCUT2D eigenvalue weighted by Crippen LogP contribution is -3.16. The minimum atomic E-state index is -4.27. The third kappa shape index (κ3) is 7.90. The highest BCUT2D eigenvalue weighted by Gasteiger charge is 2.01. The zero-order chi connectivity index (χ0) is 17.3. The molecule has 126 valence electrons. The van der Waals surface area contributed by atoms with Crippen LogP contribution >= 0.6 is 0 Å². The highest BCUT2D eigenvalue weighted by molar-refractivity contribution is 7.85. The minimum Gasteiger partial charge on any atom is -0.744 e. The Morgan fingerprint density at radius 3 is 2.09 bits per heavy atom. The Bertz CT molecular complexity index is 671. The Morgan fingerprint density at radius 2 is 1.61 bits per heavy atom. The molecule has 2 aromatic rings. The summed E-state index contributed by atoms with van der Waals surface area (Å²) in [6.45, 7) is 5.93. The second-order valence-corrected chi connectivity index (χ2v) is 6.72. The van der Waals surface area contributed by atoms with Gasteiger partial charge in [-0.15, -0.1) is 0 Å². The number of rotatable bonds is 5. The van der Waals surface area contributed by atoms with Crippen molar-refractivity contribution in [1.82, 2.24) is 0 Å². The molecular formula is C17H24N2O3S. The van der Waals surface area contributed by atoms with Crippen molar-refractivity contribution >= 4 is 10.1 Å². The average molecular weight is 336 g/mol. The maximum atomic E-state index is 10.4. The van der Waals surface area contributed by atoms with E-state index < -0.39 is 10.1 Å². The third-order valence-electron chi connectivity index (χ3n) is 3.15. The van der Waals surface area contributed by atoms with Crippen LogP contribution in [0.1, 0.15) is 24.5 Å². The van der Waals surface area contributed by atoms with E-state index in [1.807, 2.05) is 13.0 Å². The fraction of sp³-hybridized carbons (Fsp3) is 0.294. The Balaban J connectivity index is 0.000000231. The summed E-state index contributed by atoms with van der Waals surface area (Å²) in [6.07, 6.45) is 1.14. The van der Waals surface area contributed by atoms with Gasteiger partial charge in [0, 0.05) is 5.56 Å². The lowest BCUT2D eigenvalue weighted by molar-refractivity contribution is -0.926. The maximum absolute atomic E-state index is 10.4. The zero-order valence-electron chi connectivity index (χ0n) is 13.5. The number of nitrogens with two attached hydrogens (primary N) is 1. The second-order valence-electron chi connectivity index (χ2n) is 5.34. The van der Waals surface area contributed by atoms with Gasteiger partial charge in [-0.05, 0) is 25.5 Å². The van der Waals surface area contributed by atoms with E-state index in [0.717, 1.165) is 30.1 Å². The van der Waals surface area contributed by atoms with Crippen LogP contribution in [-0.2, 0) is 16.7 Å². The molecule has 2 aromatic carbocycles. The van der Waals surface area contributed by atoms with Gasteiger partial charge in [0.15, 0.2) is 0 Å². The van der Waals surface area contributed by atoms with Gasteiger partial charge in [-0.3, -0.25) is 5.01 Å². The molecule has 2 rings (SSSR count). The Kier molecular flexibility index (Phi) is 7.91. The van der Waals surface area contributed by atoms with Crippen molar-refractivity contribution in [1.29, 1.82) is 0 Å². The first-order valence-corrected chi connectivity index (χ1v) is 8.90. The molecule has 1 atom stereocenters. The largest absolute Gasteiger partial charge is 0.744 e. The van der Waals surface area contributed by atoms with Crippen molar-refractivity contribution < 1.29 is 18.0 Å². The summed E-state index contributed by atoms with van der Waals surface area (Å²) in [6, 6.07) is 16.1. The molecule has 0 aromatic heterocycles. The van der Waals surface area contributed by atoms with Crippen molar-refractivity contribution in [3.8, 4) is 0 Å². The molecule has 0 saturated carbocycles. The SMILES string of the molecule is CCC[NH+](N)Cc1ccccc1.Cc1ccc(S(=O)(=O)[O-])cc1. The predicted molar refractivity (Wildman–Crippen MR) is 89.6 cm³/mol. The quantitative estimate of drug-likeness (QED) is 0.489. The fourth-order valence-corrected chi connectivity index (χ4v) is 2.44. The van der Waals surface area contributed by atoms with E-state index in [2.05, 4.69) is 31.2 Å². The van der Waals surface area contributed by atoms with E-state index in [4.69, 9.17) is 5.84 Å². The number of aryl methyl sites for hydroxylation is 1. The third-order valence-corrected chi connectivity index (χ3v) is 4.00. The molecule has 23 heavy (non-hydrogen) atoms. The molecule has 6 heteroatoms. The molecule has 0 saturated heterocycles. The van der Waals surface area contributed by atoms with Crippen LogP contribution in [0, 0.1) is 6.92 Å². The highest BCUT2D eigenvalue weighted by atomic mass is 32.2. The van der Waals surface area contributed by atoms with Crippen LogP contribution in [0.25, 0.3) is 0 Å². The van der Waals surface area contributed by atoms with Gasteiger partial charge in [-0.25, -0.2) is 8.42 Å². The maximum Gasteiger partial charge on any atom is 0.124 e. The van der Waals surface area contributed by atoms with Gasteiger partial charge in [-0.1, -0.05) is 55.0 Å². The van der Waals surface area contributed by atoms with Crippen molar-refractivity contribution in [2.24, 2.45) is 5.84 Å². The predicted octanol–water partition coefficient (Wildman–Crippen LogP) is 1.25. The molecule has 5 nitrogen and oxygen atoms in total. The molecule has 0 radical (unpaired) electrons. The summed E-state index contributed by atoms with van der Waals surface area (Å²) >= 11 is 0. The number of benzene rings is 2. The molecule has 0 amide bonds. The standard InChI is InChI=1S/C10H16N2.C7H8O3S/c1-2-8-12(11)9-10-6-4-3-5-7-10;1-6-2-4-7(5-3-6)11(8,9)10/h3-7H,2,8-9,11H2,1H3;2-5H,1H3,(H,8,9,10). The summed E-state index contributed by atoms with van der Waals surface area (Å²) in [5, 5.41) is 1.09. The average Bonchev–Trinajstić information content (AvgIpc) is 2.48. The highest BCUT2D eigenvalue weighted by Crippen LogP contribution is 2.08. The Hall–Kier alpha value is -1.73. The minimum absolute atomic E-state index is 0.178. The van der Waals surface area contributed by atoms with Gasteiger partial charge in [-0.2, -0.15) is 5.84 Å². The second kappa shape index (κ2) is 9.42. The topological polar surface area (TPSA) is 87.7 Å². The molecule has 0 spiro atoms. The first-order chi connectivity index (χ1) is 10.8. The zero-order valence-corrected chi connectivity index (χ0v) is 14.3. The summed E-state index contributed by atoms with van der Waals surface area (Å²) in [5.74, 6) is 5.83. The van der Waals surface area contributed by atoms with Crippen molar-refractivity contribution in [3.05, 3.63) is 65.7 Å². The summed E-state index contributed by atoms with van der Waals surface area (Å²) in [5.41, 5.74) is 2.24. The van der Waals surface area contributed by atoms with E-state index in [1.165, 1.54) is 17.7 Å². The van der Waals surface area contributed by atoms with Gasteiger partial charge in [0.1, 0.15) is 16.7 Å². The van der Waals surface area contributed by atoms with Gasteiger partial charge in [0.2, 0.25) is 0 Å². The monoisotopic (exact) mass is 336 g/mol. The van der Waals surface area contributed by atoms with E-state index in [-0.39, 0.29) is 4.90 Å². The van der Waals surface area contributed by atoms with E-state index in [1.54, 1.807) is 12.1 Å². The lowest BCUT2D eigenvalue weighted by atomic mass is 10.2. The van der Waals surface area contributed by atoms with Gasteiger partial charge >= 0.3 is 0 Å². The first-order valence-electron chi connectivity index (χ1n) is 7.49. The van der Waals surface area contributed by atoms with Crippen LogP contribution in [0.2, 0.25) is 0 Å². The number of hydrogen-bond donors (Lipinski definition) is 2. The fourth-order valence-electron chi connectivity index (χ4n) is 1.97. The molecular weight excluding hydrogens is 312 g/mol. The molecule has 0 heterocycles. The molecule has 0 fully saturated rings. The van der Waals surface area contributed by atoms with Crippen molar-refractivity contribution in [2.75, 3.05) is 6.54 Å². The molecule has 3 N–H and O–H groups in total. The summed E-state index contributed by atoms with van der Waals surface area (Å²) in [7, 11) is -4.27. The summed E-state index contributed by atoms with van der Waals surface area (Å²) < 4.78 is 31.2. The van der Waals surface area contributed by atoms with Crippen LogP contribution in [0.5, 0.6) is 0 Å². The Morgan fingerprint density at radius 1 is 1.04 bits per heavy atom. The van der Waals surface area contributed by atoms with Gasteiger partial charge in [0.05, 0.1) is 11.4 Å². The molecule has 1 unspecified atom stereocenters.